The molecule has 0 saturated heterocycles. The van der Waals surface area contributed by atoms with E-state index < -0.39 is 0 Å². The monoisotopic (exact) mass is 543 g/mol. The largest absolute Gasteiger partial charge is 0.309 e. The number of benzene rings is 4. The van der Waals surface area contributed by atoms with Gasteiger partial charge in [0.15, 0.2) is 0 Å². The summed E-state index contributed by atoms with van der Waals surface area (Å²) in [4.78, 5) is 14.1. The predicted octanol–water partition coefficient (Wildman–Crippen LogP) is 8.94. The molecule has 202 valence electrons. The highest BCUT2D eigenvalue weighted by Crippen LogP contribution is 2.49. The highest BCUT2D eigenvalue weighted by molar-refractivity contribution is 6.24. The van der Waals surface area contributed by atoms with E-state index >= 15 is 0 Å². The SMILES string of the molecule is C/C=C\C=C1/CN=C2N1c1ccccc1N2c1ccccc1-c1cc(C)ccc1-n1c2ccccc2c2cnccc21. The van der Waals surface area contributed by atoms with E-state index in [9.17, 15) is 0 Å². The van der Waals surface area contributed by atoms with Crippen LogP contribution in [0.2, 0.25) is 0 Å². The molecule has 0 saturated carbocycles. The first-order valence-corrected chi connectivity index (χ1v) is 14.3. The van der Waals surface area contributed by atoms with Gasteiger partial charge in [0.25, 0.3) is 0 Å². The molecular formula is C37H29N5. The van der Waals surface area contributed by atoms with Crippen LogP contribution in [0.1, 0.15) is 12.5 Å². The molecule has 0 N–H and O–H groups in total. The molecule has 0 fully saturated rings. The third-order valence-electron chi connectivity index (χ3n) is 8.22. The van der Waals surface area contributed by atoms with Gasteiger partial charge in [-0.1, -0.05) is 72.3 Å². The summed E-state index contributed by atoms with van der Waals surface area (Å²) in [6.07, 6.45) is 10.2. The number of anilines is 3. The Bertz CT molecular complexity index is 2060. The van der Waals surface area contributed by atoms with Crippen LogP contribution in [-0.4, -0.2) is 22.1 Å². The second-order valence-electron chi connectivity index (χ2n) is 10.7. The van der Waals surface area contributed by atoms with Crippen LogP contribution < -0.4 is 9.80 Å². The summed E-state index contributed by atoms with van der Waals surface area (Å²) in [6, 6.07) is 34.8. The van der Waals surface area contributed by atoms with Crippen molar-refractivity contribution >= 4 is 44.8 Å². The van der Waals surface area contributed by atoms with Crippen molar-refractivity contribution in [1.82, 2.24) is 9.55 Å². The minimum atomic E-state index is 0.651. The minimum Gasteiger partial charge on any atom is -0.309 e. The van der Waals surface area contributed by atoms with Crippen LogP contribution in [0.4, 0.5) is 17.1 Å². The molecular weight excluding hydrogens is 514 g/mol. The van der Waals surface area contributed by atoms with Gasteiger partial charge in [0.1, 0.15) is 0 Å². The zero-order chi connectivity index (χ0) is 28.2. The Morgan fingerprint density at radius 3 is 2.29 bits per heavy atom. The topological polar surface area (TPSA) is 36.7 Å². The summed E-state index contributed by atoms with van der Waals surface area (Å²) in [5, 5.41) is 2.35. The number of aliphatic imine (C=N–C) groups is 1. The molecule has 8 rings (SSSR count). The standard InChI is InChI=1S/C37H29N5/c1-3-4-11-26-23-39-37-40(26)35-16-9-10-17-36(35)42(37)32-15-8-5-12-27(32)29-22-25(2)18-19-33(29)41-31-14-7-6-13-28(31)30-24-38-21-20-34(30)41/h3-22,24H,23H2,1-2H3/b4-3-,26-11+. The molecule has 0 radical (unpaired) electrons. The fourth-order valence-corrected chi connectivity index (χ4v) is 6.41. The van der Waals surface area contributed by atoms with Gasteiger partial charge in [-0.3, -0.25) is 14.8 Å². The Hall–Kier alpha value is -5.42. The third-order valence-corrected chi connectivity index (χ3v) is 8.22. The van der Waals surface area contributed by atoms with Crippen LogP contribution in [0.25, 0.3) is 38.6 Å². The van der Waals surface area contributed by atoms with E-state index in [0.29, 0.717) is 6.54 Å². The van der Waals surface area contributed by atoms with Gasteiger partial charge in [-0.05, 0) is 62.4 Å². The zero-order valence-corrected chi connectivity index (χ0v) is 23.6. The Labute approximate surface area is 245 Å². The van der Waals surface area contributed by atoms with Gasteiger partial charge in [0, 0.05) is 40.0 Å². The number of pyridine rings is 1. The van der Waals surface area contributed by atoms with Gasteiger partial charge in [0.2, 0.25) is 5.96 Å². The average molecular weight is 544 g/mol. The van der Waals surface area contributed by atoms with Crippen molar-refractivity contribution in [2.45, 2.75) is 13.8 Å². The molecule has 0 bridgehead atoms. The maximum Gasteiger partial charge on any atom is 0.215 e. The Morgan fingerprint density at radius 2 is 1.43 bits per heavy atom. The fourth-order valence-electron chi connectivity index (χ4n) is 6.41. The Balaban J connectivity index is 1.37. The lowest BCUT2D eigenvalue weighted by molar-refractivity contribution is 1.16. The van der Waals surface area contributed by atoms with Gasteiger partial charge in [-0.2, -0.15) is 0 Å². The second kappa shape index (κ2) is 9.60. The number of hydrogen-bond donors (Lipinski definition) is 0. The number of rotatable bonds is 4. The quantitative estimate of drug-likeness (QED) is 0.223. The molecule has 0 aliphatic carbocycles. The summed E-state index contributed by atoms with van der Waals surface area (Å²) in [6.45, 7) is 4.86. The van der Waals surface area contributed by atoms with Gasteiger partial charge >= 0.3 is 0 Å². The number of nitrogens with zero attached hydrogens (tertiary/aromatic N) is 5. The van der Waals surface area contributed by atoms with Crippen LogP contribution in [0.3, 0.4) is 0 Å². The highest BCUT2D eigenvalue weighted by Gasteiger charge is 2.39. The first-order valence-electron chi connectivity index (χ1n) is 14.3. The fraction of sp³-hybridized carbons (Fsp3) is 0.0811. The number of guanidine groups is 1. The second-order valence-corrected chi connectivity index (χ2v) is 10.7. The molecule has 0 amide bonds. The molecule has 2 aliphatic heterocycles. The molecule has 0 unspecified atom stereocenters. The van der Waals surface area contributed by atoms with Crippen LogP contribution in [0.15, 0.2) is 138 Å². The molecule has 4 heterocycles. The van der Waals surface area contributed by atoms with Gasteiger partial charge in [0.05, 0.1) is 40.3 Å². The lowest BCUT2D eigenvalue weighted by atomic mass is 9.98. The van der Waals surface area contributed by atoms with Crippen molar-refractivity contribution in [3.05, 3.63) is 139 Å². The maximum atomic E-state index is 5.07. The van der Waals surface area contributed by atoms with Crippen molar-refractivity contribution in [2.24, 2.45) is 4.99 Å². The van der Waals surface area contributed by atoms with Crippen LogP contribution in [-0.2, 0) is 0 Å². The van der Waals surface area contributed by atoms with Gasteiger partial charge in [-0.15, -0.1) is 0 Å². The molecule has 6 aromatic rings. The van der Waals surface area contributed by atoms with E-state index in [1.807, 2.05) is 19.3 Å². The van der Waals surface area contributed by atoms with Crippen LogP contribution in [0.5, 0.6) is 0 Å². The smallest absolute Gasteiger partial charge is 0.215 e. The minimum absolute atomic E-state index is 0.651. The van der Waals surface area contributed by atoms with Crippen LogP contribution in [0, 0.1) is 6.92 Å². The normalized spacial score (nSPS) is 15.3. The van der Waals surface area contributed by atoms with Gasteiger partial charge < -0.3 is 4.57 Å². The predicted molar refractivity (Wildman–Crippen MR) is 175 cm³/mol. The number of hydrogen-bond acceptors (Lipinski definition) is 4. The number of aryl methyl sites for hydroxylation is 1. The number of para-hydroxylation sites is 4. The summed E-state index contributed by atoms with van der Waals surface area (Å²) in [5.41, 5.74) is 11.5. The van der Waals surface area contributed by atoms with Crippen molar-refractivity contribution in [3.8, 4) is 16.8 Å². The first kappa shape index (κ1) is 24.4. The van der Waals surface area contributed by atoms with E-state index in [-0.39, 0.29) is 0 Å². The van der Waals surface area contributed by atoms with Gasteiger partial charge in [-0.25, -0.2) is 4.99 Å². The van der Waals surface area contributed by atoms with E-state index in [0.717, 1.165) is 45.2 Å². The van der Waals surface area contributed by atoms with E-state index in [1.165, 1.54) is 27.7 Å². The molecule has 0 spiro atoms. The molecule has 4 aromatic carbocycles. The molecule has 2 aromatic heterocycles. The zero-order valence-electron chi connectivity index (χ0n) is 23.6. The Kier molecular flexibility index (Phi) is 5.57. The summed E-state index contributed by atoms with van der Waals surface area (Å²) >= 11 is 0. The van der Waals surface area contributed by atoms with Crippen molar-refractivity contribution in [3.63, 3.8) is 0 Å². The third kappa shape index (κ3) is 3.57. The van der Waals surface area contributed by atoms with Crippen LogP contribution >= 0.6 is 0 Å². The molecule has 5 heteroatoms. The summed E-state index contributed by atoms with van der Waals surface area (Å²) in [7, 11) is 0. The molecule has 0 atom stereocenters. The first-order chi connectivity index (χ1) is 20.7. The highest BCUT2D eigenvalue weighted by atomic mass is 15.5. The van der Waals surface area contributed by atoms with Crippen molar-refractivity contribution in [1.29, 1.82) is 0 Å². The number of fused-ring (bicyclic) bond motifs is 6. The lowest BCUT2D eigenvalue weighted by Gasteiger charge is -2.24. The number of allylic oxidation sites excluding steroid dienone is 3. The summed E-state index contributed by atoms with van der Waals surface area (Å²) in [5.74, 6) is 0.941. The van der Waals surface area contributed by atoms with E-state index in [4.69, 9.17) is 4.99 Å². The summed E-state index contributed by atoms with van der Waals surface area (Å²) < 4.78 is 2.38. The molecule has 42 heavy (non-hydrogen) atoms. The number of aromatic nitrogens is 2. The average Bonchev–Trinajstić information content (AvgIpc) is 3.70. The van der Waals surface area contributed by atoms with E-state index in [2.05, 4.69) is 142 Å². The van der Waals surface area contributed by atoms with Crippen molar-refractivity contribution in [2.75, 3.05) is 16.3 Å². The molecule has 2 aliphatic rings. The Morgan fingerprint density at radius 1 is 0.690 bits per heavy atom. The molecule has 5 nitrogen and oxygen atoms in total. The van der Waals surface area contributed by atoms with Crippen molar-refractivity contribution < 1.29 is 0 Å². The van der Waals surface area contributed by atoms with E-state index in [1.54, 1.807) is 0 Å². The maximum absolute atomic E-state index is 5.07. The lowest BCUT2D eigenvalue weighted by Crippen LogP contribution is -2.31.